The average Bonchev–Trinajstić information content (AvgIpc) is 3.18. The number of aryl methyl sites for hydroxylation is 2. The van der Waals surface area contributed by atoms with E-state index in [9.17, 15) is 19.2 Å². The molecule has 0 spiro atoms. The fourth-order valence-electron chi connectivity index (χ4n) is 6.22. The zero-order valence-corrected chi connectivity index (χ0v) is 31.6. The van der Waals surface area contributed by atoms with Crippen LogP contribution in [0.1, 0.15) is 97.7 Å². The molecule has 1 heterocycles. The second-order valence-corrected chi connectivity index (χ2v) is 13.4. The number of carbonyl (C=O) groups excluding carboxylic acids is 4. The second kappa shape index (κ2) is 23.7. The Hall–Kier alpha value is -4.94. The van der Waals surface area contributed by atoms with Gasteiger partial charge in [0.25, 0.3) is 5.91 Å². The van der Waals surface area contributed by atoms with Crippen molar-refractivity contribution in [3.63, 3.8) is 0 Å². The molecule has 0 aliphatic carbocycles. The molecular weight excluding hydrogens is 690 g/mol. The zero-order chi connectivity index (χ0) is 38.4. The van der Waals surface area contributed by atoms with Gasteiger partial charge in [-0.2, -0.15) is 5.48 Å². The fourth-order valence-corrected chi connectivity index (χ4v) is 6.22. The first-order valence-electron chi connectivity index (χ1n) is 19.0. The lowest BCUT2D eigenvalue weighted by atomic mass is 10.0. The van der Waals surface area contributed by atoms with Gasteiger partial charge in [0.15, 0.2) is 24.4 Å². The van der Waals surface area contributed by atoms with Crippen LogP contribution in [0.15, 0.2) is 60.7 Å². The van der Waals surface area contributed by atoms with E-state index < -0.39 is 11.9 Å². The van der Waals surface area contributed by atoms with Crippen LogP contribution in [0.5, 0.6) is 23.0 Å². The van der Waals surface area contributed by atoms with E-state index in [-0.39, 0.29) is 31.4 Å². The largest absolute Gasteiger partial charge is 0.493 e. The fraction of sp³-hybridized carbons (Fsp3) is 0.476. The van der Waals surface area contributed by atoms with Crippen LogP contribution < -0.4 is 35.1 Å². The molecule has 0 bridgehead atoms. The molecule has 3 aromatic rings. The van der Waals surface area contributed by atoms with Gasteiger partial charge in [-0.3, -0.25) is 29.3 Å². The van der Waals surface area contributed by atoms with Gasteiger partial charge in [-0.25, -0.2) is 0 Å². The van der Waals surface area contributed by atoms with E-state index in [1.54, 1.807) is 32.4 Å². The minimum Gasteiger partial charge on any atom is -0.493 e. The first-order chi connectivity index (χ1) is 26.4. The van der Waals surface area contributed by atoms with E-state index in [4.69, 9.17) is 23.8 Å². The number of ether oxygens (including phenoxy) is 4. The molecule has 1 aliphatic heterocycles. The zero-order valence-electron chi connectivity index (χ0n) is 31.6. The second-order valence-electron chi connectivity index (χ2n) is 13.4. The van der Waals surface area contributed by atoms with E-state index in [2.05, 4.69) is 28.2 Å². The number of aldehydes is 1. The lowest BCUT2D eigenvalue weighted by Gasteiger charge is -2.22. The molecule has 3 amide bonds. The molecule has 1 saturated heterocycles. The summed E-state index contributed by atoms with van der Waals surface area (Å²) in [6.45, 7) is 1.20. The maximum atomic E-state index is 12.3. The molecule has 1 unspecified atom stereocenters. The highest BCUT2D eigenvalue weighted by atomic mass is 16.6. The summed E-state index contributed by atoms with van der Waals surface area (Å²) in [6.07, 6.45) is 12.6. The Morgan fingerprint density at radius 2 is 1.52 bits per heavy atom. The van der Waals surface area contributed by atoms with Crippen LogP contribution in [0.25, 0.3) is 0 Å². The third-order valence-corrected chi connectivity index (χ3v) is 9.28. The third-order valence-electron chi connectivity index (χ3n) is 9.28. The Labute approximate surface area is 318 Å². The van der Waals surface area contributed by atoms with Crippen LogP contribution in [0.3, 0.4) is 0 Å². The minimum atomic E-state index is -0.628. The van der Waals surface area contributed by atoms with Gasteiger partial charge in [0.1, 0.15) is 17.5 Å². The van der Waals surface area contributed by atoms with E-state index in [0.29, 0.717) is 42.2 Å². The van der Waals surface area contributed by atoms with Crippen molar-refractivity contribution in [2.24, 2.45) is 0 Å². The van der Waals surface area contributed by atoms with Gasteiger partial charge in [-0.1, -0.05) is 68.9 Å². The SMILES string of the molecule is COc1ccc(CCCc2cccc(OCC(=O)NCCCCCCCCCCOc3cccc(C=O)c3CONC3CCC(=O)NC3=O)c2)cc1OC. The minimum absolute atomic E-state index is 0.00180. The van der Waals surface area contributed by atoms with E-state index in [1.807, 2.05) is 30.3 Å². The summed E-state index contributed by atoms with van der Waals surface area (Å²) >= 11 is 0. The van der Waals surface area contributed by atoms with Crippen LogP contribution in [0.2, 0.25) is 0 Å². The van der Waals surface area contributed by atoms with Crippen LogP contribution >= 0.6 is 0 Å². The lowest BCUT2D eigenvalue weighted by molar-refractivity contribution is -0.138. The van der Waals surface area contributed by atoms with E-state index in [1.165, 1.54) is 11.1 Å². The number of nitrogens with one attached hydrogen (secondary N) is 3. The maximum Gasteiger partial charge on any atom is 0.257 e. The molecule has 0 radical (unpaired) electrons. The predicted octanol–water partition coefficient (Wildman–Crippen LogP) is 6.21. The van der Waals surface area contributed by atoms with Crippen LogP contribution in [0.4, 0.5) is 0 Å². The summed E-state index contributed by atoms with van der Waals surface area (Å²) in [4.78, 5) is 52.8. The summed E-state index contributed by atoms with van der Waals surface area (Å²) in [5.41, 5.74) is 6.13. The molecule has 4 rings (SSSR count). The highest BCUT2D eigenvalue weighted by Crippen LogP contribution is 2.28. The quantitative estimate of drug-likeness (QED) is 0.0375. The van der Waals surface area contributed by atoms with Crippen molar-refractivity contribution >= 4 is 24.0 Å². The van der Waals surface area contributed by atoms with Crippen molar-refractivity contribution in [1.82, 2.24) is 16.1 Å². The number of unbranched alkanes of at least 4 members (excludes halogenated alkanes) is 7. The van der Waals surface area contributed by atoms with Gasteiger partial charge < -0.3 is 24.3 Å². The van der Waals surface area contributed by atoms with Crippen LogP contribution in [0, 0.1) is 0 Å². The molecule has 0 aromatic heterocycles. The summed E-state index contributed by atoms with van der Waals surface area (Å²) < 4.78 is 22.5. The summed E-state index contributed by atoms with van der Waals surface area (Å²) in [5.74, 6) is 1.90. The molecule has 1 atom stereocenters. The predicted molar refractivity (Wildman–Crippen MR) is 205 cm³/mol. The number of imide groups is 1. The smallest absolute Gasteiger partial charge is 0.257 e. The van der Waals surface area contributed by atoms with Crippen molar-refractivity contribution in [3.05, 3.63) is 82.9 Å². The molecular formula is C42H55N3O9. The highest BCUT2D eigenvalue weighted by molar-refractivity contribution is 6.00. The number of benzene rings is 3. The number of hydrogen-bond acceptors (Lipinski definition) is 10. The maximum absolute atomic E-state index is 12.3. The molecule has 12 heteroatoms. The number of carbonyl (C=O) groups is 4. The van der Waals surface area contributed by atoms with Gasteiger partial charge in [-0.15, -0.1) is 0 Å². The van der Waals surface area contributed by atoms with Gasteiger partial charge in [0.2, 0.25) is 11.8 Å². The summed E-state index contributed by atoms with van der Waals surface area (Å²) in [7, 11) is 3.28. The summed E-state index contributed by atoms with van der Waals surface area (Å²) in [5, 5.41) is 5.24. The highest BCUT2D eigenvalue weighted by Gasteiger charge is 2.26. The van der Waals surface area contributed by atoms with E-state index >= 15 is 0 Å². The van der Waals surface area contributed by atoms with Crippen molar-refractivity contribution in [3.8, 4) is 23.0 Å². The van der Waals surface area contributed by atoms with Crippen LogP contribution in [-0.2, 0) is 38.7 Å². The number of hydroxylamine groups is 1. The molecule has 54 heavy (non-hydrogen) atoms. The monoisotopic (exact) mass is 745 g/mol. The molecule has 0 saturated carbocycles. The van der Waals surface area contributed by atoms with Crippen molar-refractivity contribution in [1.29, 1.82) is 0 Å². The number of rotatable bonds is 26. The van der Waals surface area contributed by atoms with Crippen LogP contribution in [-0.4, -0.2) is 64.0 Å². The molecule has 292 valence electrons. The van der Waals surface area contributed by atoms with Crippen molar-refractivity contribution in [2.75, 3.05) is 34.0 Å². The first-order valence-corrected chi connectivity index (χ1v) is 19.0. The molecule has 12 nitrogen and oxygen atoms in total. The number of piperidine rings is 1. The summed E-state index contributed by atoms with van der Waals surface area (Å²) in [6, 6.07) is 18.6. The number of hydrogen-bond donors (Lipinski definition) is 3. The Morgan fingerprint density at radius 3 is 2.26 bits per heavy atom. The third kappa shape index (κ3) is 14.5. The molecule has 1 aliphatic rings. The van der Waals surface area contributed by atoms with Crippen molar-refractivity contribution < 1.29 is 43.0 Å². The lowest BCUT2D eigenvalue weighted by Crippen LogP contribution is -2.50. The first kappa shape index (κ1) is 41.8. The Bertz CT molecular complexity index is 1650. The van der Waals surface area contributed by atoms with Gasteiger partial charge >= 0.3 is 0 Å². The Kier molecular flexibility index (Phi) is 18.3. The van der Waals surface area contributed by atoms with Gasteiger partial charge in [0.05, 0.1) is 27.4 Å². The molecule has 3 N–H and O–H groups in total. The topological polar surface area (TPSA) is 151 Å². The molecule has 1 fully saturated rings. The van der Waals surface area contributed by atoms with Gasteiger partial charge in [0, 0.05) is 24.1 Å². The number of amides is 3. The number of methoxy groups -OCH3 is 2. The normalized spacial score (nSPS) is 13.9. The van der Waals surface area contributed by atoms with Gasteiger partial charge in [-0.05, 0) is 80.0 Å². The van der Waals surface area contributed by atoms with E-state index in [0.717, 1.165) is 88.4 Å². The average molecular weight is 746 g/mol. The Balaban J connectivity index is 0.994. The van der Waals surface area contributed by atoms with Crippen molar-refractivity contribution in [2.45, 2.75) is 96.1 Å². The standard InChI is InChI=1S/C42H55N3O9/c1-50-38-22-20-32(27-39(38)51-2)15-11-14-31-16-12-18-34(26-31)53-30-41(48)43-24-9-7-5-3-4-6-8-10-25-52-37-19-13-17-33(28-46)35(37)29-54-45-36-21-23-40(47)44-42(36)49/h12-13,16-20,22,26-28,36,45H,3-11,14-15,21,23-25,29-30H2,1-2H3,(H,43,48)(H,44,47,49). The Morgan fingerprint density at radius 1 is 0.796 bits per heavy atom. The molecule has 3 aromatic carbocycles.